The summed E-state index contributed by atoms with van der Waals surface area (Å²) in [6.07, 6.45) is 2.44. The molecule has 5 nitrogen and oxygen atoms in total. The number of carboxylic acid groups (broad SMARTS) is 1. The maximum absolute atomic E-state index is 11.5. The van der Waals surface area contributed by atoms with Crippen LogP contribution in [-0.2, 0) is 14.4 Å². The fourth-order valence-corrected chi connectivity index (χ4v) is 1.47. The molecule has 1 N–H and O–H groups in total. The standard InChI is InChI=1S/C10H13NO4/c1-2-3-4-9(13)11-5-7(10(14)15)8(12)6-11/h2,7H,1,3-6H2,(H,14,15). The number of ketones is 1. The fraction of sp³-hybridized carbons (Fsp3) is 0.500. The molecule has 1 unspecified atom stereocenters. The molecular formula is C10H13NO4. The van der Waals surface area contributed by atoms with Crippen LogP contribution in [0.2, 0.25) is 0 Å². The van der Waals surface area contributed by atoms with Gasteiger partial charge in [-0.3, -0.25) is 14.4 Å². The van der Waals surface area contributed by atoms with Crippen LogP contribution in [0.25, 0.3) is 0 Å². The van der Waals surface area contributed by atoms with Gasteiger partial charge in [-0.2, -0.15) is 0 Å². The summed E-state index contributed by atoms with van der Waals surface area (Å²) in [5, 5.41) is 8.68. The van der Waals surface area contributed by atoms with Crippen molar-refractivity contribution in [2.75, 3.05) is 13.1 Å². The molecule has 1 saturated heterocycles. The predicted molar refractivity (Wildman–Crippen MR) is 52.1 cm³/mol. The van der Waals surface area contributed by atoms with Crippen LogP contribution in [0.1, 0.15) is 12.8 Å². The van der Waals surface area contributed by atoms with Gasteiger partial charge in [0.15, 0.2) is 5.78 Å². The van der Waals surface area contributed by atoms with E-state index in [1.165, 1.54) is 4.90 Å². The molecule has 0 aromatic rings. The first-order chi connectivity index (χ1) is 7.06. The molecule has 0 aliphatic carbocycles. The lowest BCUT2D eigenvalue weighted by Gasteiger charge is -2.13. The third kappa shape index (κ3) is 2.65. The zero-order valence-electron chi connectivity index (χ0n) is 8.31. The van der Waals surface area contributed by atoms with E-state index in [-0.39, 0.29) is 25.4 Å². The van der Waals surface area contributed by atoms with Crippen molar-refractivity contribution in [2.24, 2.45) is 5.92 Å². The quantitative estimate of drug-likeness (QED) is 0.527. The fourth-order valence-electron chi connectivity index (χ4n) is 1.47. The monoisotopic (exact) mass is 211 g/mol. The van der Waals surface area contributed by atoms with Gasteiger partial charge in [0, 0.05) is 13.0 Å². The Kier molecular flexibility index (Phi) is 3.60. The van der Waals surface area contributed by atoms with Crippen LogP contribution in [0.3, 0.4) is 0 Å². The van der Waals surface area contributed by atoms with Crippen LogP contribution in [0.15, 0.2) is 12.7 Å². The number of allylic oxidation sites excluding steroid dienone is 1. The van der Waals surface area contributed by atoms with E-state index in [9.17, 15) is 14.4 Å². The Labute approximate surface area is 87.4 Å². The molecule has 0 aromatic heterocycles. The molecular weight excluding hydrogens is 198 g/mol. The van der Waals surface area contributed by atoms with E-state index < -0.39 is 17.7 Å². The number of rotatable bonds is 4. The zero-order valence-corrected chi connectivity index (χ0v) is 8.31. The second kappa shape index (κ2) is 4.72. The maximum Gasteiger partial charge on any atom is 0.315 e. The van der Waals surface area contributed by atoms with Crippen molar-refractivity contribution in [1.82, 2.24) is 4.90 Å². The smallest absolute Gasteiger partial charge is 0.315 e. The van der Waals surface area contributed by atoms with Gasteiger partial charge < -0.3 is 10.0 Å². The number of amides is 1. The molecule has 1 aliphatic rings. The lowest BCUT2D eigenvalue weighted by atomic mass is 10.1. The van der Waals surface area contributed by atoms with Crippen LogP contribution >= 0.6 is 0 Å². The first kappa shape index (κ1) is 11.4. The average Bonchev–Trinajstić information content (AvgIpc) is 2.56. The molecule has 1 atom stereocenters. The van der Waals surface area contributed by atoms with Crippen LogP contribution < -0.4 is 0 Å². The van der Waals surface area contributed by atoms with Crippen molar-refractivity contribution in [3.05, 3.63) is 12.7 Å². The van der Waals surface area contributed by atoms with E-state index in [0.29, 0.717) is 6.42 Å². The molecule has 0 bridgehead atoms. The summed E-state index contributed by atoms with van der Waals surface area (Å²) in [5.41, 5.74) is 0. The minimum atomic E-state index is -1.15. The van der Waals surface area contributed by atoms with Crippen molar-refractivity contribution in [3.8, 4) is 0 Å². The van der Waals surface area contributed by atoms with E-state index in [2.05, 4.69) is 6.58 Å². The summed E-state index contributed by atoms with van der Waals surface area (Å²) in [7, 11) is 0. The largest absolute Gasteiger partial charge is 0.481 e. The van der Waals surface area contributed by atoms with Gasteiger partial charge in [0.05, 0.1) is 6.54 Å². The Hall–Kier alpha value is -1.65. The topological polar surface area (TPSA) is 74.7 Å². The number of hydrogen-bond donors (Lipinski definition) is 1. The molecule has 1 amide bonds. The van der Waals surface area contributed by atoms with Crippen molar-refractivity contribution < 1.29 is 19.5 Å². The SMILES string of the molecule is C=CCCC(=O)N1CC(=O)C(C(=O)O)C1. The summed E-state index contributed by atoms with van der Waals surface area (Å²) in [6, 6.07) is 0. The van der Waals surface area contributed by atoms with Crippen LogP contribution in [-0.4, -0.2) is 40.8 Å². The van der Waals surface area contributed by atoms with Crippen molar-refractivity contribution in [3.63, 3.8) is 0 Å². The molecule has 0 radical (unpaired) electrons. The minimum Gasteiger partial charge on any atom is -0.481 e. The van der Waals surface area contributed by atoms with E-state index in [1.807, 2.05) is 0 Å². The summed E-state index contributed by atoms with van der Waals surface area (Å²) < 4.78 is 0. The zero-order chi connectivity index (χ0) is 11.4. The van der Waals surface area contributed by atoms with Gasteiger partial charge in [0.25, 0.3) is 0 Å². The lowest BCUT2D eigenvalue weighted by molar-refractivity contribution is -0.144. The molecule has 1 heterocycles. The highest BCUT2D eigenvalue weighted by Crippen LogP contribution is 2.14. The van der Waals surface area contributed by atoms with E-state index >= 15 is 0 Å². The molecule has 82 valence electrons. The van der Waals surface area contributed by atoms with Gasteiger partial charge in [0.1, 0.15) is 5.92 Å². The molecule has 15 heavy (non-hydrogen) atoms. The van der Waals surface area contributed by atoms with Crippen LogP contribution in [0, 0.1) is 5.92 Å². The molecule has 0 saturated carbocycles. The van der Waals surface area contributed by atoms with Gasteiger partial charge in [0.2, 0.25) is 5.91 Å². The lowest BCUT2D eigenvalue weighted by Crippen LogP contribution is -2.29. The number of carboxylic acids is 1. The second-order valence-corrected chi connectivity index (χ2v) is 3.46. The number of likely N-dealkylation sites (tertiary alicyclic amines) is 1. The van der Waals surface area contributed by atoms with Gasteiger partial charge in [-0.05, 0) is 6.42 Å². The summed E-state index contributed by atoms with van der Waals surface area (Å²) in [6.45, 7) is 3.41. The molecule has 1 rings (SSSR count). The predicted octanol–water partition coefficient (Wildman–Crippen LogP) is 0.0647. The first-order valence-electron chi connectivity index (χ1n) is 4.70. The number of aliphatic carboxylic acids is 1. The first-order valence-corrected chi connectivity index (χ1v) is 4.70. The van der Waals surface area contributed by atoms with Gasteiger partial charge in [-0.15, -0.1) is 6.58 Å². The molecule has 0 spiro atoms. The van der Waals surface area contributed by atoms with E-state index in [0.717, 1.165) is 0 Å². The number of carbonyl (C=O) groups excluding carboxylic acids is 2. The third-order valence-electron chi connectivity index (χ3n) is 2.35. The van der Waals surface area contributed by atoms with E-state index in [4.69, 9.17) is 5.11 Å². The third-order valence-corrected chi connectivity index (χ3v) is 2.35. The average molecular weight is 211 g/mol. The Morgan fingerprint density at radius 1 is 1.60 bits per heavy atom. The molecule has 0 aromatic carbocycles. The van der Waals surface area contributed by atoms with Crippen LogP contribution in [0.5, 0.6) is 0 Å². The number of nitrogens with zero attached hydrogens (tertiary/aromatic N) is 1. The second-order valence-electron chi connectivity index (χ2n) is 3.46. The summed E-state index contributed by atoms with van der Waals surface area (Å²) >= 11 is 0. The van der Waals surface area contributed by atoms with Crippen molar-refractivity contribution >= 4 is 17.7 Å². The number of Topliss-reactive ketones (excluding diaryl/α,β-unsaturated/α-hetero) is 1. The highest BCUT2D eigenvalue weighted by atomic mass is 16.4. The van der Waals surface area contributed by atoms with Crippen molar-refractivity contribution in [1.29, 1.82) is 0 Å². The highest BCUT2D eigenvalue weighted by Gasteiger charge is 2.37. The summed E-state index contributed by atoms with van der Waals surface area (Å²) in [4.78, 5) is 34.6. The van der Waals surface area contributed by atoms with Crippen molar-refractivity contribution in [2.45, 2.75) is 12.8 Å². The Bertz CT molecular complexity index is 311. The molecule has 1 aliphatic heterocycles. The Morgan fingerprint density at radius 3 is 2.73 bits per heavy atom. The number of carbonyl (C=O) groups is 3. The Balaban J connectivity index is 2.54. The molecule has 5 heteroatoms. The van der Waals surface area contributed by atoms with Gasteiger partial charge >= 0.3 is 5.97 Å². The number of hydrogen-bond acceptors (Lipinski definition) is 3. The highest BCUT2D eigenvalue weighted by molar-refractivity contribution is 6.03. The van der Waals surface area contributed by atoms with Gasteiger partial charge in [-0.1, -0.05) is 6.08 Å². The van der Waals surface area contributed by atoms with Crippen LogP contribution in [0.4, 0.5) is 0 Å². The normalized spacial score (nSPS) is 20.4. The maximum atomic E-state index is 11.5. The molecule has 1 fully saturated rings. The Morgan fingerprint density at radius 2 is 2.27 bits per heavy atom. The minimum absolute atomic E-state index is 0.00411. The van der Waals surface area contributed by atoms with Gasteiger partial charge in [-0.25, -0.2) is 0 Å². The summed E-state index contributed by atoms with van der Waals surface area (Å²) in [5.74, 6) is -2.78. The van der Waals surface area contributed by atoms with E-state index in [1.54, 1.807) is 6.08 Å².